The van der Waals surface area contributed by atoms with Gasteiger partial charge in [0.15, 0.2) is 10.9 Å². The van der Waals surface area contributed by atoms with Gasteiger partial charge < -0.3 is 4.84 Å². The van der Waals surface area contributed by atoms with Gasteiger partial charge in [0, 0.05) is 5.56 Å². The fourth-order valence-electron chi connectivity index (χ4n) is 1.75. The molecule has 0 aromatic heterocycles. The lowest BCUT2D eigenvalue weighted by molar-refractivity contribution is -0.0221. The Morgan fingerprint density at radius 2 is 1.73 bits per heavy atom. The molecule has 3 nitrogen and oxygen atoms in total. The van der Waals surface area contributed by atoms with Gasteiger partial charge in [0.1, 0.15) is 0 Å². The summed E-state index contributed by atoms with van der Waals surface area (Å²) in [5, 5.41) is 2.53. The maximum atomic E-state index is 10.2. The Balaban J connectivity index is 3.26. The van der Waals surface area contributed by atoms with Crippen molar-refractivity contribution in [1.82, 2.24) is 0 Å². The SMILES string of the molecule is Cc1ccc(C(C)(C)ON=O)c(C)c1C. The van der Waals surface area contributed by atoms with E-state index in [0.717, 1.165) is 11.1 Å². The van der Waals surface area contributed by atoms with Gasteiger partial charge in [-0.1, -0.05) is 12.1 Å². The van der Waals surface area contributed by atoms with Crippen LogP contribution in [0.4, 0.5) is 0 Å². The summed E-state index contributed by atoms with van der Waals surface area (Å²) in [6.45, 7) is 9.85. The van der Waals surface area contributed by atoms with Crippen LogP contribution in [0.5, 0.6) is 0 Å². The van der Waals surface area contributed by atoms with Crippen LogP contribution in [0.3, 0.4) is 0 Å². The molecular weight excluding hydrogens is 190 g/mol. The highest BCUT2D eigenvalue weighted by Crippen LogP contribution is 2.30. The molecule has 0 aliphatic rings. The molecule has 0 saturated heterocycles. The molecule has 0 amide bonds. The molecule has 82 valence electrons. The van der Waals surface area contributed by atoms with Gasteiger partial charge >= 0.3 is 0 Å². The Labute approximate surface area is 90.4 Å². The van der Waals surface area contributed by atoms with Crippen molar-refractivity contribution in [3.8, 4) is 0 Å². The largest absolute Gasteiger partial charge is 0.353 e. The molecule has 0 atom stereocenters. The second-order valence-corrected chi connectivity index (χ2v) is 4.36. The highest BCUT2D eigenvalue weighted by molar-refractivity contribution is 5.41. The van der Waals surface area contributed by atoms with Gasteiger partial charge in [-0.15, -0.1) is 4.91 Å². The summed E-state index contributed by atoms with van der Waals surface area (Å²) < 4.78 is 0. The molecule has 0 bridgehead atoms. The second-order valence-electron chi connectivity index (χ2n) is 4.36. The lowest BCUT2D eigenvalue weighted by Crippen LogP contribution is -2.20. The predicted molar refractivity (Wildman–Crippen MR) is 60.6 cm³/mol. The van der Waals surface area contributed by atoms with Gasteiger partial charge in [0.25, 0.3) is 0 Å². The maximum Gasteiger partial charge on any atom is 0.160 e. The van der Waals surface area contributed by atoms with Crippen LogP contribution in [0.1, 0.15) is 36.1 Å². The lowest BCUT2D eigenvalue weighted by atomic mass is 9.89. The van der Waals surface area contributed by atoms with Crippen LogP contribution in [0.15, 0.2) is 17.5 Å². The van der Waals surface area contributed by atoms with Crippen LogP contribution in [0.2, 0.25) is 0 Å². The van der Waals surface area contributed by atoms with Gasteiger partial charge in [-0.2, -0.15) is 0 Å². The molecule has 1 aromatic carbocycles. The van der Waals surface area contributed by atoms with E-state index in [1.807, 2.05) is 32.9 Å². The van der Waals surface area contributed by atoms with E-state index in [-0.39, 0.29) is 0 Å². The van der Waals surface area contributed by atoms with Crippen LogP contribution in [-0.4, -0.2) is 0 Å². The number of benzene rings is 1. The molecule has 0 fully saturated rings. The monoisotopic (exact) mass is 207 g/mol. The average molecular weight is 207 g/mol. The van der Waals surface area contributed by atoms with E-state index in [4.69, 9.17) is 4.84 Å². The van der Waals surface area contributed by atoms with Gasteiger partial charge in [0.2, 0.25) is 0 Å². The molecule has 0 saturated carbocycles. The van der Waals surface area contributed by atoms with Gasteiger partial charge in [0.05, 0.1) is 0 Å². The van der Waals surface area contributed by atoms with E-state index in [2.05, 4.69) is 19.2 Å². The van der Waals surface area contributed by atoms with Crippen molar-refractivity contribution in [2.24, 2.45) is 5.34 Å². The third kappa shape index (κ3) is 2.17. The first-order chi connectivity index (χ1) is 6.90. The van der Waals surface area contributed by atoms with Crippen LogP contribution in [-0.2, 0) is 10.4 Å². The molecule has 0 unspecified atom stereocenters. The molecule has 0 aliphatic heterocycles. The van der Waals surface area contributed by atoms with Crippen molar-refractivity contribution >= 4 is 0 Å². The summed E-state index contributed by atoms with van der Waals surface area (Å²) in [6.07, 6.45) is 0. The molecule has 0 radical (unpaired) electrons. The number of rotatable bonds is 3. The molecule has 0 heterocycles. The zero-order chi connectivity index (χ0) is 11.6. The minimum Gasteiger partial charge on any atom is -0.353 e. The molecule has 3 heteroatoms. The van der Waals surface area contributed by atoms with Crippen molar-refractivity contribution < 1.29 is 4.84 Å². The Hall–Kier alpha value is -1.38. The van der Waals surface area contributed by atoms with E-state index < -0.39 is 5.60 Å². The van der Waals surface area contributed by atoms with E-state index in [1.54, 1.807) is 0 Å². The van der Waals surface area contributed by atoms with Crippen LogP contribution in [0.25, 0.3) is 0 Å². The van der Waals surface area contributed by atoms with Crippen LogP contribution < -0.4 is 0 Å². The number of hydrogen-bond donors (Lipinski definition) is 0. The third-order valence-electron chi connectivity index (χ3n) is 2.97. The number of nitrogens with zero attached hydrogens (tertiary/aromatic N) is 1. The Bertz CT molecular complexity index is 383. The van der Waals surface area contributed by atoms with E-state index in [0.29, 0.717) is 0 Å². The van der Waals surface area contributed by atoms with Crippen molar-refractivity contribution in [3.63, 3.8) is 0 Å². The quantitative estimate of drug-likeness (QED) is 0.561. The molecule has 1 rings (SSSR count). The summed E-state index contributed by atoms with van der Waals surface area (Å²) in [4.78, 5) is 15.0. The van der Waals surface area contributed by atoms with Crippen molar-refractivity contribution in [1.29, 1.82) is 0 Å². The zero-order valence-corrected chi connectivity index (χ0v) is 9.92. The van der Waals surface area contributed by atoms with E-state index in [1.165, 1.54) is 11.1 Å². The fraction of sp³-hybridized carbons (Fsp3) is 0.500. The van der Waals surface area contributed by atoms with E-state index >= 15 is 0 Å². The third-order valence-corrected chi connectivity index (χ3v) is 2.97. The summed E-state index contributed by atoms with van der Waals surface area (Å²) in [5.74, 6) is 0. The topological polar surface area (TPSA) is 38.7 Å². The van der Waals surface area contributed by atoms with Crippen molar-refractivity contribution in [2.75, 3.05) is 0 Å². The summed E-state index contributed by atoms with van der Waals surface area (Å²) >= 11 is 0. The molecule has 1 aromatic rings. The molecule has 0 N–H and O–H groups in total. The smallest absolute Gasteiger partial charge is 0.160 e. The average Bonchev–Trinajstić information content (AvgIpc) is 2.13. The first kappa shape index (κ1) is 11.7. The Kier molecular flexibility index (Phi) is 3.12. The standard InChI is InChI=1S/C12H17NO2/c1-8-6-7-11(10(3)9(8)2)12(4,5)15-13-14/h6-7H,1-5H3. The minimum atomic E-state index is -0.662. The fourth-order valence-corrected chi connectivity index (χ4v) is 1.75. The second kappa shape index (κ2) is 4.01. The Morgan fingerprint density at radius 1 is 1.13 bits per heavy atom. The highest BCUT2D eigenvalue weighted by Gasteiger charge is 2.26. The summed E-state index contributed by atoms with van der Waals surface area (Å²) in [5.41, 5.74) is 3.97. The van der Waals surface area contributed by atoms with Crippen molar-refractivity contribution in [2.45, 2.75) is 40.2 Å². The maximum absolute atomic E-state index is 10.2. The number of hydrogen-bond acceptors (Lipinski definition) is 3. The van der Waals surface area contributed by atoms with Gasteiger partial charge in [-0.05, 0) is 51.3 Å². The molecule has 0 aliphatic carbocycles. The lowest BCUT2D eigenvalue weighted by Gasteiger charge is -2.24. The summed E-state index contributed by atoms with van der Waals surface area (Å²) in [6, 6.07) is 4.02. The molecular formula is C12H17NO2. The number of aryl methyl sites for hydroxylation is 1. The van der Waals surface area contributed by atoms with Gasteiger partial charge in [-0.3, -0.25) is 0 Å². The minimum absolute atomic E-state index is 0.662. The first-order valence-corrected chi connectivity index (χ1v) is 4.98. The van der Waals surface area contributed by atoms with E-state index in [9.17, 15) is 4.91 Å². The highest BCUT2D eigenvalue weighted by atomic mass is 16.7. The van der Waals surface area contributed by atoms with Gasteiger partial charge in [-0.25, -0.2) is 0 Å². The normalized spacial score (nSPS) is 11.3. The summed E-state index contributed by atoms with van der Waals surface area (Å²) in [7, 11) is 0. The molecule has 0 spiro atoms. The van der Waals surface area contributed by atoms with Crippen molar-refractivity contribution in [3.05, 3.63) is 39.3 Å². The zero-order valence-electron chi connectivity index (χ0n) is 9.92. The predicted octanol–water partition coefficient (Wildman–Crippen LogP) is 3.54. The molecule has 15 heavy (non-hydrogen) atoms. The van der Waals surface area contributed by atoms with Crippen LogP contribution in [0, 0.1) is 25.7 Å². The Morgan fingerprint density at radius 3 is 2.27 bits per heavy atom. The van der Waals surface area contributed by atoms with Crippen LogP contribution >= 0.6 is 0 Å². The first-order valence-electron chi connectivity index (χ1n) is 4.98.